The third-order valence-corrected chi connectivity index (χ3v) is 5.72. The molecule has 9 nitrogen and oxygen atoms in total. The van der Waals surface area contributed by atoms with E-state index in [-0.39, 0.29) is 17.9 Å². The second kappa shape index (κ2) is 10.4. The molecule has 1 saturated heterocycles. The fraction of sp³-hybridized carbons (Fsp3) is 0.478. The van der Waals surface area contributed by atoms with Crippen LogP contribution in [0.1, 0.15) is 25.6 Å². The number of fused-ring (bicyclic) bond motifs is 1. The summed E-state index contributed by atoms with van der Waals surface area (Å²) in [6, 6.07) is 7.57. The van der Waals surface area contributed by atoms with Crippen LogP contribution in [0.15, 0.2) is 41.5 Å². The molecule has 1 amide bonds. The fourth-order valence-corrected chi connectivity index (χ4v) is 4.02. The third kappa shape index (κ3) is 4.99. The standard InChI is InChI=1S/C23H30N6O3/c1-2-20-24-10-13-27(20)11-5-9-25-21(30)8-12-29-19-7-4-3-6-18(19)26-22(23(29)31)28-14-16-32-17-15-28/h3-4,6-7,10,13H,2,5,8-9,11-12,14-17H2,1H3,(H,25,30). The van der Waals surface area contributed by atoms with E-state index in [0.717, 1.165) is 36.2 Å². The molecule has 1 aliphatic rings. The number of imidazole rings is 1. The van der Waals surface area contributed by atoms with Crippen LogP contribution in [-0.2, 0) is 29.0 Å². The van der Waals surface area contributed by atoms with Crippen LogP contribution in [0, 0.1) is 0 Å². The Balaban J connectivity index is 1.39. The van der Waals surface area contributed by atoms with Gasteiger partial charge in [-0.05, 0) is 18.6 Å². The first-order valence-corrected chi connectivity index (χ1v) is 11.3. The second-order valence-corrected chi connectivity index (χ2v) is 7.82. The number of ether oxygens (including phenoxy) is 1. The SMILES string of the molecule is CCc1nccn1CCCNC(=O)CCn1c(=O)c(N2CCOCC2)nc2ccccc21. The van der Waals surface area contributed by atoms with Crippen molar-refractivity contribution >= 4 is 22.8 Å². The van der Waals surface area contributed by atoms with Crippen LogP contribution in [-0.4, -0.2) is 57.9 Å². The molecule has 3 aromatic rings. The third-order valence-electron chi connectivity index (χ3n) is 5.72. The monoisotopic (exact) mass is 438 g/mol. The molecule has 170 valence electrons. The number of rotatable bonds is 9. The molecular formula is C23H30N6O3. The molecule has 0 atom stereocenters. The lowest BCUT2D eigenvalue weighted by Gasteiger charge is -2.28. The van der Waals surface area contributed by atoms with E-state index in [1.165, 1.54) is 0 Å². The molecule has 1 N–H and O–H groups in total. The second-order valence-electron chi connectivity index (χ2n) is 7.82. The molecule has 0 bridgehead atoms. The van der Waals surface area contributed by atoms with Gasteiger partial charge in [-0.1, -0.05) is 19.1 Å². The van der Waals surface area contributed by atoms with Crippen LogP contribution < -0.4 is 15.8 Å². The Morgan fingerprint density at radius 1 is 1.19 bits per heavy atom. The minimum atomic E-state index is -0.161. The van der Waals surface area contributed by atoms with E-state index in [1.54, 1.807) is 10.8 Å². The summed E-state index contributed by atoms with van der Waals surface area (Å²) in [7, 11) is 0. The number of aromatic nitrogens is 4. The van der Waals surface area contributed by atoms with Crippen LogP contribution in [0.5, 0.6) is 0 Å². The van der Waals surface area contributed by atoms with Gasteiger partial charge in [0.15, 0.2) is 5.82 Å². The molecule has 32 heavy (non-hydrogen) atoms. The van der Waals surface area contributed by atoms with Crippen molar-refractivity contribution in [2.24, 2.45) is 0 Å². The first-order valence-electron chi connectivity index (χ1n) is 11.3. The molecule has 1 aliphatic heterocycles. The van der Waals surface area contributed by atoms with Crippen molar-refractivity contribution in [2.75, 3.05) is 37.7 Å². The summed E-state index contributed by atoms with van der Waals surface area (Å²) >= 11 is 0. The summed E-state index contributed by atoms with van der Waals surface area (Å²) < 4.78 is 9.19. The topological polar surface area (TPSA) is 94.3 Å². The summed E-state index contributed by atoms with van der Waals surface area (Å²) in [4.78, 5) is 36.6. The van der Waals surface area contributed by atoms with Crippen LogP contribution >= 0.6 is 0 Å². The highest BCUT2D eigenvalue weighted by Crippen LogP contribution is 2.16. The molecular weight excluding hydrogens is 408 g/mol. The summed E-state index contributed by atoms with van der Waals surface area (Å²) in [5.41, 5.74) is 1.33. The smallest absolute Gasteiger partial charge is 0.294 e. The van der Waals surface area contributed by atoms with Crippen LogP contribution in [0.2, 0.25) is 0 Å². The Morgan fingerprint density at radius 3 is 2.81 bits per heavy atom. The lowest BCUT2D eigenvalue weighted by Crippen LogP contribution is -2.41. The minimum absolute atomic E-state index is 0.0629. The van der Waals surface area contributed by atoms with Gasteiger partial charge < -0.3 is 24.1 Å². The Labute approximate surface area is 187 Å². The van der Waals surface area contributed by atoms with Gasteiger partial charge in [-0.3, -0.25) is 9.59 Å². The highest BCUT2D eigenvalue weighted by atomic mass is 16.5. The number of morpholine rings is 1. The molecule has 2 aromatic heterocycles. The number of carbonyl (C=O) groups is 1. The molecule has 1 aromatic carbocycles. The Hall–Kier alpha value is -3.20. The lowest BCUT2D eigenvalue weighted by molar-refractivity contribution is -0.121. The Bertz CT molecular complexity index is 1120. The Kier molecular flexibility index (Phi) is 7.16. The molecule has 1 fully saturated rings. The number of hydrogen-bond donors (Lipinski definition) is 1. The van der Waals surface area contributed by atoms with E-state index >= 15 is 0 Å². The molecule has 3 heterocycles. The maximum atomic E-state index is 13.2. The summed E-state index contributed by atoms with van der Waals surface area (Å²) in [6.45, 7) is 6.23. The number of benzene rings is 1. The maximum Gasteiger partial charge on any atom is 0.294 e. The van der Waals surface area contributed by atoms with Gasteiger partial charge >= 0.3 is 0 Å². The van der Waals surface area contributed by atoms with Gasteiger partial charge in [0.2, 0.25) is 5.91 Å². The van der Waals surface area contributed by atoms with Gasteiger partial charge in [0.05, 0.1) is 24.2 Å². The number of hydrogen-bond acceptors (Lipinski definition) is 6. The van der Waals surface area contributed by atoms with Crippen LogP contribution in [0.3, 0.4) is 0 Å². The molecule has 0 saturated carbocycles. The number of amides is 1. The number of anilines is 1. The number of nitrogens with one attached hydrogen (secondary N) is 1. The van der Waals surface area contributed by atoms with Crippen LogP contribution in [0.25, 0.3) is 11.0 Å². The maximum absolute atomic E-state index is 13.2. The predicted octanol–water partition coefficient (Wildman–Crippen LogP) is 1.59. The number of aryl methyl sites for hydroxylation is 3. The molecule has 4 rings (SSSR count). The zero-order valence-corrected chi connectivity index (χ0v) is 18.5. The average molecular weight is 439 g/mol. The van der Waals surface area contributed by atoms with E-state index < -0.39 is 0 Å². The normalized spacial score (nSPS) is 14.1. The van der Waals surface area contributed by atoms with Gasteiger partial charge in [0.25, 0.3) is 5.56 Å². The van der Waals surface area contributed by atoms with Crippen molar-refractivity contribution < 1.29 is 9.53 Å². The average Bonchev–Trinajstić information content (AvgIpc) is 3.29. The van der Waals surface area contributed by atoms with Crippen molar-refractivity contribution in [3.05, 3.63) is 52.8 Å². The van der Waals surface area contributed by atoms with Gasteiger partial charge in [0.1, 0.15) is 5.82 Å². The molecule has 0 radical (unpaired) electrons. The van der Waals surface area contributed by atoms with Gasteiger partial charge in [-0.2, -0.15) is 0 Å². The predicted molar refractivity (Wildman–Crippen MR) is 123 cm³/mol. The molecule has 0 spiro atoms. The van der Waals surface area contributed by atoms with E-state index in [9.17, 15) is 9.59 Å². The summed E-state index contributed by atoms with van der Waals surface area (Å²) in [5.74, 6) is 1.42. The highest BCUT2D eigenvalue weighted by molar-refractivity contribution is 5.78. The zero-order valence-electron chi connectivity index (χ0n) is 18.5. The quantitative estimate of drug-likeness (QED) is 0.510. The van der Waals surface area contributed by atoms with Crippen molar-refractivity contribution in [1.82, 2.24) is 24.4 Å². The van der Waals surface area contributed by atoms with Crippen molar-refractivity contribution in [1.29, 1.82) is 0 Å². The van der Waals surface area contributed by atoms with Gasteiger partial charge in [-0.15, -0.1) is 0 Å². The number of nitrogens with zero attached hydrogens (tertiary/aromatic N) is 5. The van der Waals surface area contributed by atoms with Crippen LogP contribution in [0.4, 0.5) is 5.82 Å². The van der Waals surface area contributed by atoms with Crippen molar-refractivity contribution in [3.63, 3.8) is 0 Å². The minimum Gasteiger partial charge on any atom is -0.378 e. The molecule has 9 heteroatoms. The van der Waals surface area contributed by atoms with Crippen molar-refractivity contribution in [2.45, 2.75) is 39.3 Å². The van der Waals surface area contributed by atoms with Gasteiger partial charge in [-0.25, -0.2) is 9.97 Å². The van der Waals surface area contributed by atoms with Gasteiger partial charge in [0, 0.05) is 58.0 Å². The van der Waals surface area contributed by atoms with E-state index in [0.29, 0.717) is 45.2 Å². The van der Waals surface area contributed by atoms with E-state index in [2.05, 4.69) is 26.8 Å². The first-order chi connectivity index (χ1) is 15.7. The number of para-hydroxylation sites is 2. The molecule has 0 unspecified atom stereocenters. The first kappa shape index (κ1) is 22.0. The molecule has 0 aliphatic carbocycles. The Morgan fingerprint density at radius 2 is 2.00 bits per heavy atom. The highest BCUT2D eigenvalue weighted by Gasteiger charge is 2.19. The zero-order chi connectivity index (χ0) is 22.3. The number of carbonyl (C=O) groups excluding carboxylic acids is 1. The lowest BCUT2D eigenvalue weighted by atomic mass is 10.2. The van der Waals surface area contributed by atoms with Crippen molar-refractivity contribution in [3.8, 4) is 0 Å². The summed E-state index contributed by atoms with van der Waals surface area (Å²) in [6.07, 6.45) is 5.73. The summed E-state index contributed by atoms with van der Waals surface area (Å²) in [5, 5.41) is 2.97. The van der Waals surface area contributed by atoms with E-state index in [1.807, 2.05) is 35.4 Å². The van der Waals surface area contributed by atoms with E-state index in [4.69, 9.17) is 4.74 Å². The fourth-order valence-electron chi connectivity index (χ4n) is 4.02. The largest absolute Gasteiger partial charge is 0.378 e.